The van der Waals surface area contributed by atoms with Crippen LogP contribution in [-0.4, -0.2) is 28.5 Å². The van der Waals surface area contributed by atoms with Crippen LogP contribution in [0.15, 0.2) is 0 Å². The quantitative estimate of drug-likeness (QED) is 0.678. The molecule has 118 valence electrons. The SMILES string of the molecule is Cc1nc(CNC(=O)C[C@@H](CN)CC(C)C)sc1C(=O)O. The molecule has 0 radical (unpaired) electrons. The van der Waals surface area contributed by atoms with Crippen LogP contribution < -0.4 is 11.1 Å². The zero-order valence-electron chi connectivity index (χ0n) is 12.7. The van der Waals surface area contributed by atoms with Crippen molar-refractivity contribution in [3.8, 4) is 0 Å². The fourth-order valence-electron chi connectivity index (χ4n) is 2.16. The lowest BCUT2D eigenvalue weighted by molar-refractivity contribution is -0.122. The maximum Gasteiger partial charge on any atom is 0.347 e. The Morgan fingerprint density at radius 3 is 2.57 bits per heavy atom. The predicted octanol–water partition coefficient (Wildman–Crippen LogP) is 1.78. The average Bonchev–Trinajstić information content (AvgIpc) is 2.76. The minimum Gasteiger partial charge on any atom is -0.477 e. The Hall–Kier alpha value is -1.47. The zero-order chi connectivity index (χ0) is 16.0. The Labute approximate surface area is 128 Å². The molecule has 0 fully saturated rings. The number of hydrogen-bond acceptors (Lipinski definition) is 5. The number of aromatic carboxylic acids is 1. The van der Waals surface area contributed by atoms with E-state index in [0.29, 0.717) is 29.6 Å². The highest BCUT2D eigenvalue weighted by atomic mass is 32.1. The van der Waals surface area contributed by atoms with Crippen molar-refractivity contribution in [2.24, 2.45) is 17.6 Å². The molecule has 21 heavy (non-hydrogen) atoms. The first-order chi connectivity index (χ1) is 9.83. The Bertz CT molecular complexity index is 500. The van der Waals surface area contributed by atoms with E-state index in [0.717, 1.165) is 17.8 Å². The van der Waals surface area contributed by atoms with Gasteiger partial charge in [-0.05, 0) is 31.7 Å². The molecule has 6 nitrogen and oxygen atoms in total. The molecule has 0 aromatic carbocycles. The normalized spacial score (nSPS) is 12.4. The molecule has 1 heterocycles. The van der Waals surface area contributed by atoms with Crippen LogP contribution in [0.2, 0.25) is 0 Å². The lowest BCUT2D eigenvalue weighted by Gasteiger charge is -2.16. The van der Waals surface area contributed by atoms with Gasteiger partial charge in [-0.2, -0.15) is 0 Å². The smallest absolute Gasteiger partial charge is 0.347 e. The van der Waals surface area contributed by atoms with Gasteiger partial charge >= 0.3 is 5.97 Å². The van der Waals surface area contributed by atoms with Gasteiger partial charge in [0.2, 0.25) is 5.91 Å². The maximum absolute atomic E-state index is 11.9. The Balaban J connectivity index is 2.49. The van der Waals surface area contributed by atoms with Crippen LogP contribution in [0.5, 0.6) is 0 Å². The minimum atomic E-state index is -0.984. The molecule has 0 saturated heterocycles. The van der Waals surface area contributed by atoms with Crippen LogP contribution in [0.1, 0.15) is 47.1 Å². The summed E-state index contributed by atoms with van der Waals surface area (Å²) in [7, 11) is 0. The summed E-state index contributed by atoms with van der Waals surface area (Å²) in [5.41, 5.74) is 6.16. The van der Waals surface area contributed by atoms with Crippen molar-refractivity contribution in [3.05, 3.63) is 15.6 Å². The molecule has 0 bridgehead atoms. The first-order valence-corrected chi connectivity index (χ1v) is 7.81. The molecule has 1 amide bonds. The molecule has 1 aromatic rings. The van der Waals surface area contributed by atoms with E-state index < -0.39 is 5.97 Å². The third-order valence-corrected chi connectivity index (χ3v) is 4.23. The maximum atomic E-state index is 11.9. The number of carboxylic acid groups (broad SMARTS) is 1. The van der Waals surface area contributed by atoms with Crippen molar-refractivity contribution in [3.63, 3.8) is 0 Å². The molecule has 1 atom stereocenters. The number of amides is 1. The molecule has 0 spiro atoms. The third-order valence-electron chi connectivity index (χ3n) is 3.08. The van der Waals surface area contributed by atoms with E-state index >= 15 is 0 Å². The van der Waals surface area contributed by atoms with Crippen molar-refractivity contribution < 1.29 is 14.7 Å². The number of hydrogen-bond donors (Lipinski definition) is 3. The number of aryl methyl sites for hydroxylation is 1. The first-order valence-electron chi connectivity index (χ1n) is 6.99. The highest BCUT2D eigenvalue weighted by molar-refractivity contribution is 7.13. The molecule has 0 aliphatic carbocycles. The highest BCUT2D eigenvalue weighted by Gasteiger charge is 2.16. The number of carbonyl (C=O) groups excluding carboxylic acids is 1. The van der Waals surface area contributed by atoms with Crippen LogP contribution >= 0.6 is 11.3 Å². The molecule has 0 saturated carbocycles. The van der Waals surface area contributed by atoms with Crippen molar-refractivity contribution in [1.82, 2.24) is 10.3 Å². The molecule has 4 N–H and O–H groups in total. The van der Waals surface area contributed by atoms with E-state index in [1.807, 2.05) is 0 Å². The van der Waals surface area contributed by atoms with Crippen LogP contribution in [0, 0.1) is 18.8 Å². The van der Waals surface area contributed by atoms with Crippen LogP contribution in [0.4, 0.5) is 0 Å². The highest BCUT2D eigenvalue weighted by Crippen LogP contribution is 2.18. The fourth-order valence-corrected chi connectivity index (χ4v) is 3.01. The Morgan fingerprint density at radius 1 is 1.43 bits per heavy atom. The summed E-state index contributed by atoms with van der Waals surface area (Å²) in [6, 6.07) is 0. The van der Waals surface area contributed by atoms with Crippen molar-refractivity contribution >= 4 is 23.2 Å². The number of aromatic nitrogens is 1. The molecular formula is C14H23N3O3S. The van der Waals surface area contributed by atoms with E-state index in [4.69, 9.17) is 10.8 Å². The van der Waals surface area contributed by atoms with E-state index in [9.17, 15) is 9.59 Å². The van der Waals surface area contributed by atoms with Gasteiger partial charge in [0, 0.05) is 6.42 Å². The monoisotopic (exact) mass is 313 g/mol. The molecular weight excluding hydrogens is 290 g/mol. The lowest BCUT2D eigenvalue weighted by Crippen LogP contribution is -2.28. The van der Waals surface area contributed by atoms with Gasteiger partial charge in [0.25, 0.3) is 0 Å². The number of nitrogens with two attached hydrogens (primary N) is 1. The van der Waals surface area contributed by atoms with Gasteiger partial charge in [0.05, 0.1) is 12.2 Å². The second kappa shape index (κ2) is 8.09. The number of rotatable bonds is 8. The summed E-state index contributed by atoms with van der Waals surface area (Å²) in [6.45, 7) is 6.61. The van der Waals surface area contributed by atoms with E-state index in [1.165, 1.54) is 0 Å². The number of carboxylic acids is 1. The lowest BCUT2D eigenvalue weighted by atomic mass is 9.94. The zero-order valence-corrected chi connectivity index (χ0v) is 13.5. The second-order valence-electron chi connectivity index (χ2n) is 5.54. The topological polar surface area (TPSA) is 105 Å². The molecule has 1 rings (SSSR count). The second-order valence-corrected chi connectivity index (χ2v) is 6.62. The molecule has 0 aliphatic heterocycles. The average molecular weight is 313 g/mol. The van der Waals surface area contributed by atoms with Gasteiger partial charge in [-0.25, -0.2) is 9.78 Å². The Kier molecular flexibility index (Phi) is 6.77. The van der Waals surface area contributed by atoms with Gasteiger partial charge in [0.15, 0.2) is 0 Å². The number of thiazole rings is 1. The summed E-state index contributed by atoms with van der Waals surface area (Å²) < 4.78 is 0. The van der Waals surface area contributed by atoms with Crippen molar-refractivity contribution in [2.75, 3.05) is 6.54 Å². The largest absolute Gasteiger partial charge is 0.477 e. The van der Waals surface area contributed by atoms with Gasteiger partial charge in [-0.15, -0.1) is 11.3 Å². The minimum absolute atomic E-state index is 0.0733. The summed E-state index contributed by atoms with van der Waals surface area (Å²) >= 11 is 1.09. The molecule has 0 unspecified atom stereocenters. The summed E-state index contributed by atoms with van der Waals surface area (Å²) in [4.78, 5) is 27.2. The van der Waals surface area contributed by atoms with Crippen molar-refractivity contribution in [2.45, 2.75) is 40.2 Å². The third kappa shape index (κ3) is 5.81. The number of carbonyl (C=O) groups is 2. The van der Waals surface area contributed by atoms with Crippen molar-refractivity contribution in [1.29, 1.82) is 0 Å². The molecule has 1 aromatic heterocycles. The molecule has 7 heteroatoms. The summed E-state index contributed by atoms with van der Waals surface area (Å²) in [5.74, 6) is -0.373. The molecule has 0 aliphatic rings. The summed E-state index contributed by atoms with van der Waals surface area (Å²) in [5, 5.41) is 12.3. The predicted molar refractivity (Wildman–Crippen MR) is 82.3 cm³/mol. The van der Waals surface area contributed by atoms with E-state index in [1.54, 1.807) is 6.92 Å². The number of nitrogens with one attached hydrogen (secondary N) is 1. The van der Waals surface area contributed by atoms with E-state index in [-0.39, 0.29) is 23.2 Å². The number of nitrogens with zero attached hydrogens (tertiary/aromatic N) is 1. The van der Waals surface area contributed by atoms with Crippen LogP contribution in [0.25, 0.3) is 0 Å². The summed E-state index contributed by atoms with van der Waals surface area (Å²) in [6.07, 6.45) is 1.31. The van der Waals surface area contributed by atoms with Crippen LogP contribution in [0.3, 0.4) is 0 Å². The van der Waals surface area contributed by atoms with Gasteiger partial charge in [0.1, 0.15) is 9.88 Å². The van der Waals surface area contributed by atoms with Crippen LogP contribution in [-0.2, 0) is 11.3 Å². The standard InChI is InChI=1S/C14H23N3O3S/c1-8(2)4-10(6-15)5-11(18)16-7-12-17-9(3)13(21-12)14(19)20/h8,10H,4-7,15H2,1-3H3,(H,16,18)(H,19,20)/t10-/m0/s1. The first kappa shape index (κ1) is 17.6. The van der Waals surface area contributed by atoms with Gasteiger partial charge in [-0.3, -0.25) is 4.79 Å². The Morgan fingerprint density at radius 2 is 2.10 bits per heavy atom. The van der Waals surface area contributed by atoms with E-state index in [2.05, 4.69) is 24.1 Å². The van der Waals surface area contributed by atoms with Gasteiger partial charge in [-0.1, -0.05) is 13.8 Å². The van der Waals surface area contributed by atoms with Gasteiger partial charge < -0.3 is 16.2 Å². The fraction of sp³-hybridized carbons (Fsp3) is 0.643.